The van der Waals surface area contributed by atoms with Gasteiger partial charge in [0.1, 0.15) is 5.58 Å². The van der Waals surface area contributed by atoms with E-state index in [1.807, 2.05) is 25.1 Å². The molecule has 5 nitrogen and oxygen atoms in total. The maximum atomic E-state index is 12.2. The Morgan fingerprint density at radius 1 is 1.26 bits per heavy atom. The van der Waals surface area contributed by atoms with Gasteiger partial charge in [-0.2, -0.15) is 0 Å². The van der Waals surface area contributed by atoms with E-state index in [0.717, 1.165) is 10.9 Å². The van der Waals surface area contributed by atoms with E-state index < -0.39 is 12.2 Å². The molecule has 0 bridgehead atoms. The van der Waals surface area contributed by atoms with Crippen LogP contribution in [-0.2, 0) is 0 Å². The molecule has 5 heteroatoms. The van der Waals surface area contributed by atoms with Crippen LogP contribution < -0.4 is 0 Å². The molecule has 1 aromatic heterocycles. The normalized spacial score (nSPS) is 23.2. The molecular weight excluding hydrogens is 246 g/mol. The fourth-order valence-corrected chi connectivity index (χ4v) is 2.36. The number of aliphatic hydroxyl groups excluding tert-OH is 2. The lowest BCUT2D eigenvalue weighted by atomic mass is 10.2. The van der Waals surface area contributed by atoms with Crippen molar-refractivity contribution in [2.45, 2.75) is 19.1 Å². The maximum absolute atomic E-state index is 12.2. The monoisotopic (exact) mass is 261 g/mol. The van der Waals surface area contributed by atoms with Gasteiger partial charge in [-0.3, -0.25) is 4.79 Å². The van der Waals surface area contributed by atoms with Crippen molar-refractivity contribution in [2.24, 2.45) is 0 Å². The van der Waals surface area contributed by atoms with Crippen molar-refractivity contribution >= 4 is 16.9 Å². The third-order valence-electron chi connectivity index (χ3n) is 3.43. The molecule has 1 fully saturated rings. The van der Waals surface area contributed by atoms with Crippen LogP contribution in [0.2, 0.25) is 0 Å². The first kappa shape index (κ1) is 12.2. The van der Waals surface area contributed by atoms with Gasteiger partial charge in [0.15, 0.2) is 5.76 Å². The molecule has 0 spiro atoms. The lowest BCUT2D eigenvalue weighted by Gasteiger charge is -2.12. The first-order valence-corrected chi connectivity index (χ1v) is 6.20. The molecule has 2 N–H and O–H groups in total. The third-order valence-corrected chi connectivity index (χ3v) is 3.43. The molecule has 0 aliphatic carbocycles. The van der Waals surface area contributed by atoms with Crippen molar-refractivity contribution in [1.82, 2.24) is 4.90 Å². The SMILES string of the molecule is Cc1ccc2oc(C(=O)N3CC(O)C(O)C3)cc2c1. The number of benzene rings is 1. The molecule has 100 valence electrons. The van der Waals surface area contributed by atoms with Gasteiger partial charge in [0, 0.05) is 18.5 Å². The van der Waals surface area contributed by atoms with Gasteiger partial charge in [-0.25, -0.2) is 0 Å². The zero-order valence-electron chi connectivity index (χ0n) is 10.5. The highest BCUT2D eigenvalue weighted by Gasteiger charge is 2.34. The number of carbonyl (C=O) groups is 1. The molecule has 1 saturated heterocycles. The summed E-state index contributed by atoms with van der Waals surface area (Å²) in [5, 5.41) is 19.8. The zero-order valence-corrected chi connectivity index (χ0v) is 10.5. The summed E-state index contributed by atoms with van der Waals surface area (Å²) in [6.45, 7) is 2.24. The van der Waals surface area contributed by atoms with Crippen LogP contribution >= 0.6 is 0 Å². The second-order valence-corrected chi connectivity index (χ2v) is 5.00. The Bertz CT molecular complexity index is 623. The van der Waals surface area contributed by atoms with E-state index in [1.165, 1.54) is 4.90 Å². The predicted molar refractivity (Wildman–Crippen MR) is 68.9 cm³/mol. The van der Waals surface area contributed by atoms with E-state index in [0.29, 0.717) is 5.58 Å². The molecule has 1 aliphatic rings. The van der Waals surface area contributed by atoms with Gasteiger partial charge in [-0.15, -0.1) is 0 Å². The maximum Gasteiger partial charge on any atom is 0.289 e. The Morgan fingerprint density at radius 3 is 2.63 bits per heavy atom. The average Bonchev–Trinajstić information content (AvgIpc) is 2.92. The van der Waals surface area contributed by atoms with Crippen LogP contribution in [-0.4, -0.2) is 46.3 Å². The van der Waals surface area contributed by atoms with E-state index in [2.05, 4.69) is 0 Å². The first-order valence-electron chi connectivity index (χ1n) is 6.20. The minimum Gasteiger partial charge on any atom is -0.451 e. The minimum absolute atomic E-state index is 0.135. The van der Waals surface area contributed by atoms with Crippen LogP contribution in [0.15, 0.2) is 28.7 Å². The predicted octanol–water partition coefficient (Wildman–Crippen LogP) is 0.919. The topological polar surface area (TPSA) is 73.9 Å². The van der Waals surface area contributed by atoms with Crippen molar-refractivity contribution in [1.29, 1.82) is 0 Å². The lowest BCUT2D eigenvalue weighted by molar-refractivity contribution is 0.0572. The molecule has 1 aromatic carbocycles. The quantitative estimate of drug-likeness (QED) is 0.800. The van der Waals surface area contributed by atoms with Crippen LogP contribution in [0.25, 0.3) is 11.0 Å². The fraction of sp³-hybridized carbons (Fsp3) is 0.357. The molecule has 19 heavy (non-hydrogen) atoms. The van der Waals surface area contributed by atoms with E-state index in [-0.39, 0.29) is 24.8 Å². The Hall–Kier alpha value is -1.85. The number of fused-ring (bicyclic) bond motifs is 1. The van der Waals surface area contributed by atoms with Crippen molar-refractivity contribution in [3.8, 4) is 0 Å². The highest BCUT2D eigenvalue weighted by molar-refractivity contribution is 5.96. The Morgan fingerprint density at radius 2 is 1.95 bits per heavy atom. The minimum atomic E-state index is -0.879. The van der Waals surface area contributed by atoms with Gasteiger partial charge in [-0.1, -0.05) is 11.6 Å². The number of carbonyl (C=O) groups excluding carboxylic acids is 1. The highest BCUT2D eigenvalue weighted by atomic mass is 16.4. The summed E-state index contributed by atoms with van der Waals surface area (Å²) in [6.07, 6.45) is -1.76. The first-order chi connectivity index (χ1) is 9.04. The van der Waals surface area contributed by atoms with E-state index in [9.17, 15) is 15.0 Å². The second kappa shape index (κ2) is 4.36. The molecule has 0 radical (unpaired) electrons. The summed E-state index contributed by atoms with van der Waals surface area (Å²) >= 11 is 0. The summed E-state index contributed by atoms with van der Waals surface area (Å²) in [6, 6.07) is 7.39. The van der Waals surface area contributed by atoms with Crippen molar-refractivity contribution in [3.63, 3.8) is 0 Å². The Kier molecular flexibility index (Phi) is 2.80. The standard InChI is InChI=1S/C14H15NO4/c1-8-2-3-12-9(4-8)5-13(19-12)14(18)15-6-10(16)11(17)7-15/h2-5,10-11,16-17H,6-7H2,1H3. The molecule has 0 saturated carbocycles. The Labute approximate surface area is 110 Å². The number of aliphatic hydroxyl groups is 2. The highest BCUT2D eigenvalue weighted by Crippen LogP contribution is 2.23. The number of nitrogens with zero attached hydrogens (tertiary/aromatic N) is 1. The molecule has 2 aromatic rings. The average molecular weight is 261 g/mol. The molecule has 2 unspecified atom stereocenters. The fourth-order valence-electron chi connectivity index (χ4n) is 2.36. The summed E-state index contributed by atoms with van der Waals surface area (Å²) in [5.74, 6) is -0.0636. The number of β-amino-alcohol motifs (C(OH)–C–C–N with tert-alkyl or cyclic N) is 2. The van der Waals surface area contributed by atoms with Gasteiger partial charge >= 0.3 is 0 Å². The van der Waals surface area contributed by atoms with Crippen LogP contribution in [0.5, 0.6) is 0 Å². The van der Waals surface area contributed by atoms with Crippen LogP contribution in [0.3, 0.4) is 0 Å². The summed E-state index contributed by atoms with van der Waals surface area (Å²) in [7, 11) is 0. The van der Waals surface area contributed by atoms with Gasteiger partial charge in [0.05, 0.1) is 12.2 Å². The third kappa shape index (κ3) is 2.11. The number of furan rings is 1. The van der Waals surface area contributed by atoms with Crippen LogP contribution in [0, 0.1) is 6.92 Å². The molecule has 3 rings (SSSR count). The molecule has 2 heterocycles. The number of hydrogen-bond acceptors (Lipinski definition) is 4. The molecule has 2 atom stereocenters. The largest absolute Gasteiger partial charge is 0.451 e. The number of rotatable bonds is 1. The number of hydrogen-bond donors (Lipinski definition) is 2. The molecule has 1 aliphatic heterocycles. The number of likely N-dealkylation sites (tertiary alicyclic amines) is 1. The van der Waals surface area contributed by atoms with Crippen molar-refractivity contribution in [3.05, 3.63) is 35.6 Å². The van der Waals surface area contributed by atoms with Gasteiger partial charge in [0.25, 0.3) is 5.91 Å². The van der Waals surface area contributed by atoms with E-state index in [4.69, 9.17) is 4.42 Å². The smallest absolute Gasteiger partial charge is 0.289 e. The van der Waals surface area contributed by atoms with Crippen molar-refractivity contribution in [2.75, 3.05) is 13.1 Å². The van der Waals surface area contributed by atoms with Gasteiger partial charge in [-0.05, 0) is 25.1 Å². The zero-order chi connectivity index (χ0) is 13.6. The lowest BCUT2D eigenvalue weighted by Crippen LogP contribution is -2.29. The van der Waals surface area contributed by atoms with Crippen molar-refractivity contribution < 1.29 is 19.4 Å². The second-order valence-electron chi connectivity index (χ2n) is 5.00. The van der Waals surface area contributed by atoms with Gasteiger partial charge in [0.2, 0.25) is 0 Å². The van der Waals surface area contributed by atoms with E-state index in [1.54, 1.807) is 6.07 Å². The van der Waals surface area contributed by atoms with Crippen LogP contribution in [0.4, 0.5) is 0 Å². The Balaban J connectivity index is 1.90. The molecule has 1 amide bonds. The summed E-state index contributed by atoms with van der Waals surface area (Å²) < 4.78 is 5.51. The van der Waals surface area contributed by atoms with E-state index >= 15 is 0 Å². The number of amides is 1. The summed E-state index contributed by atoms with van der Waals surface area (Å²) in [4.78, 5) is 13.6. The summed E-state index contributed by atoms with van der Waals surface area (Å²) in [5.41, 5.74) is 1.76. The number of aryl methyl sites for hydroxylation is 1. The van der Waals surface area contributed by atoms with Crippen LogP contribution in [0.1, 0.15) is 16.1 Å². The molecular formula is C14H15NO4. The van der Waals surface area contributed by atoms with Gasteiger partial charge < -0.3 is 19.5 Å².